The molecule has 1 rings (SSSR count). The molecule has 1 atom stereocenters. The first kappa shape index (κ1) is 11.8. The molecule has 1 aromatic heterocycles. The molecular weight excluding hydrogens is 192 g/mol. The van der Waals surface area contributed by atoms with E-state index in [1.165, 1.54) is 6.20 Å². The number of nitrogens with zero attached hydrogens (tertiary/aromatic N) is 2. The number of ketones is 1. The number of hydrogen-bond acceptors (Lipinski definition) is 3. The van der Waals surface area contributed by atoms with Crippen LogP contribution in [-0.4, -0.2) is 54.1 Å². The molecule has 0 fully saturated rings. The molecular formula is C11H17N2O2+. The maximum atomic E-state index is 11.7. The lowest BCUT2D eigenvalue weighted by Crippen LogP contribution is -2.44. The van der Waals surface area contributed by atoms with Crippen LogP contribution in [0.2, 0.25) is 0 Å². The van der Waals surface area contributed by atoms with Crippen LogP contribution in [0.5, 0.6) is 0 Å². The van der Waals surface area contributed by atoms with Crippen LogP contribution in [0.1, 0.15) is 10.4 Å². The van der Waals surface area contributed by atoms with Crippen LogP contribution in [0.4, 0.5) is 0 Å². The molecule has 0 aliphatic carbocycles. The number of carbonyl (C=O) groups excluding carboxylic acids is 1. The molecule has 1 unspecified atom stereocenters. The Morgan fingerprint density at radius 2 is 2.20 bits per heavy atom. The van der Waals surface area contributed by atoms with Crippen molar-refractivity contribution in [2.24, 2.45) is 0 Å². The minimum Gasteiger partial charge on any atom is -0.379 e. The van der Waals surface area contributed by atoms with Crippen molar-refractivity contribution in [1.82, 2.24) is 4.98 Å². The van der Waals surface area contributed by atoms with Crippen LogP contribution in [0.25, 0.3) is 0 Å². The third kappa shape index (κ3) is 3.77. The van der Waals surface area contributed by atoms with E-state index in [0.717, 1.165) is 0 Å². The number of carbonyl (C=O) groups is 1. The van der Waals surface area contributed by atoms with Crippen LogP contribution in [0, 0.1) is 0 Å². The van der Waals surface area contributed by atoms with Crippen molar-refractivity contribution in [3.8, 4) is 0 Å². The fourth-order valence-electron chi connectivity index (χ4n) is 1.30. The Kier molecular flexibility index (Phi) is 3.55. The maximum Gasteiger partial charge on any atom is 0.198 e. The van der Waals surface area contributed by atoms with Gasteiger partial charge in [0.25, 0.3) is 0 Å². The summed E-state index contributed by atoms with van der Waals surface area (Å²) in [4.78, 5) is 15.6. The van der Waals surface area contributed by atoms with Crippen LogP contribution < -0.4 is 0 Å². The molecule has 15 heavy (non-hydrogen) atoms. The molecule has 4 nitrogen and oxygen atoms in total. The number of quaternary nitrogens is 1. The second kappa shape index (κ2) is 4.51. The van der Waals surface area contributed by atoms with Crippen molar-refractivity contribution in [3.63, 3.8) is 0 Å². The van der Waals surface area contributed by atoms with Gasteiger partial charge in [0.2, 0.25) is 0 Å². The van der Waals surface area contributed by atoms with Gasteiger partial charge >= 0.3 is 0 Å². The molecule has 0 radical (unpaired) electrons. The summed E-state index contributed by atoms with van der Waals surface area (Å²) in [6.07, 6.45) is 2.11. The van der Waals surface area contributed by atoms with Crippen molar-refractivity contribution in [1.29, 1.82) is 0 Å². The highest BCUT2D eigenvalue weighted by Gasteiger charge is 2.23. The normalized spacial score (nSPS) is 13.6. The maximum absolute atomic E-state index is 11.7. The Labute approximate surface area is 89.8 Å². The molecule has 0 saturated carbocycles. The number of aliphatic hydroxyl groups is 1. The highest BCUT2D eigenvalue weighted by Crippen LogP contribution is 2.04. The SMILES string of the molecule is C[N+](C)(C)CC(O)C(=O)c1cccnc1. The molecule has 4 heteroatoms. The number of rotatable bonds is 4. The van der Waals surface area contributed by atoms with Crippen molar-refractivity contribution < 1.29 is 14.4 Å². The van der Waals surface area contributed by atoms with E-state index in [4.69, 9.17) is 0 Å². The fraction of sp³-hybridized carbons (Fsp3) is 0.455. The third-order valence-corrected chi connectivity index (χ3v) is 1.97. The van der Waals surface area contributed by atoms with Crippen LogP contribution in [0.3, 0.4) is 0 Å². The predicted molar refractivity (Wildman–Crippen MR) is 57.5 cm³/mol. The van der Waals surface area contributed by atoms with E-state index in [2.05, 4.69) is 4.98 Å². The first-order chi connectivity index (χ1) is 6.90. The predicted octanol–water partition coefficient (Wildman–Crippen LogP) is 0.331. The zero-order chi connectivity index (χ0) is 11.5. The smallest absolute Gasteiger partial charge is 0.198 e. The monoisotopic (exact) mass is 209 g/mol. The van der Waals surface area contributed by atoms with Gasteiger partial charge in [-0.2, -0.15) is 0 Å². The fourth-order valence-corrected chi connectivity index (χ4v) is 1.30. The van der Waals surface area contributed by atoms with Gasteiger partial charge in [-0.05, 0) is 12.1 Å². The number of Topliss-reactive ketones (excluding diaryl/α,β-unsaturated/α-hetero) is 1. The second-order valence-electron chi connectivity index (χ2n) is 4.59. The van der Waals surface area contributed by atoms with Crippen molar-refractivity contribution in [2.45, 2.75) is 6.10 Å². The van der Waals surface area contributed by atoms with E-state index < -0.39 is 6.10 Å². The second-order valence-corrected chi connectivity index (χ2v) is 4.59. The highest BCUT2D eigenvalue weighted by atomic mass is 16.3. The Bertz CT molecular complexity index is 330. The molecule has 1 N–H and O–H groups in total. The van der Waals surface area contributed by atoms with Gasteiger partial charge < -0.3 is 9.59 Å². The number of hydrogen-bond donors (Lipinski definition) is 1. The van der Waals surface area contributed by atoms with Crippen LogP contribution in [-0.2, 0) is 0 Å². The molecule has 1 aromatic rings. The quantitative estimate of drug-likeness (QED) is 0.574. The van der Waals surface area contributed by atoms with E-state index in [9.17, 15) is 9.90 Å². The van der Waals surface area contributed by atoms with E-state index in [1.807, 2.05) is 21.1 Å². The first-order valence-electron chi connectivity index (χ1n) is 4.83. The van der Waals surface area contributed by atoms with Gasteiger partial charge in [-0.15, -0.1) is 0 Å². The summed E-state index contributed by atoms with van der Waals surface area (Å²) in [7, 11) is 5.79. The highest BCUT2D eigenvalue weighted by molar-refractivity contribution is 5.99. The summed E-state index contributed by atoms with van der Waals surface area (Å²) in [6, 6.07) is 3.35. The largest absolute Gasteiger partial charge is 0.379 e. The van der Waals surface area contributed by atoms with E-state index in [0.29, 0.717) is 16.6 Å². The Morgan fingerprint density at radius 3 is 2.67 bits per heavy atom. The standard InChI is InChI=1S/C11H17N2O2/c1-13(2,3)8-10(14)11(15)9-5-4-6-12-7-9/h4-7,10,14H,8H2,1-3H3/q+1. The molecule has 0 aromatic carbocycles. The van der Waals surface area contributed by atoms with Crippen LogP contribution in [0.15, 0.2) is 24.5 Å². The topological polar surface area (TPSA) is 50.2 Å². The number of aliphatic hydroxyl groups excluding tert-OH is 1. The lowest BCUT2D eigenvalue weighted by Gasteiger charge is -2.26. The summed E-state index contributed by atoms with van der Waals surface area (Å²) in [5.74, 6) is -0.267. The summed E-state index contributed by atoms with van der Waals surface area (Å²) in [5.41, 5.74) is 0.457. The molecule has 82 valence electrons. The minimum absolute atomic E-state index is 0.267. The average Bonchev–Trinajstić information content (AvgIpc) is 2.15. The van der Waals surface area contributed by atoms with E-state index in [-0.39, 0.29) is 5.78 Å². The Morgan fingerprint density at radius 1 is 1.53 bits per heavy atom. The lowest BCUT2D eigenvalue weighted by atomic mass is 10.1. The summed E-state index contributed by atoms with van der Waals surface area (Å²) >= 11 is 0. The van der Waals surface area contributed by atoms with Crippen molar-refractivity contribution in [2.75, 3.05) is 27.7 Å². The van der Waals surface area contributed by atoms with Gasteiger partial charge in [0.05, 0.1) is 21.1 Å². The Hall–Kier alpha value is -1.26. The van der Waals surface area contributed by atoms with Gasteiger partial charge in [-0.25, -0.2) is 0 Å². The molecule has 0 aliphatic rings. The van der Waals surface area contributed by atoms with Gasteiger partial charge in [-0.1, -0.05) is 0 Å². The van der Waals surface area contributed by atoms with Gasteiger partial charge in [0, 0.05) is 18.0 Å². The number of likely N-dealkylation sites (N-methyl/N-ethyl adjacent to an activating group) is 1. The van der Waals surface area contributed by atoms with Gasteiger partial charge in [0.15, 0.2) is 11.9 Å². The van der Waals surface area contributed by atoms with Gasteiger partial charge in [-0.3, -0.25) is 9.78 Å². The van der Waals surface area contributed by atoms with Gasteiger partial charge in [0.1, 0.15) is 6.54 Å². The summed E-state index contributed by atoms with van der Waals surface area (Å²) in [5, 5.41) is 9.71. The first-order valence-corrected chi connectivity index (χ1v) is 4.83. The van der Waals surface area contributed by atoms with E-state index in [1.54, 1.807) is 18.3 Å². The number of pyridine rings is 1. The number of aromatic nitrogens is 1. The molecule has 1 heterocycles. The zero-order valence-corrected chi connectivity index (χ0v) is 9.34. The third-order valence-electron chi connectivity index (χ3n) is 1.97. The average molecular weight is 209 g/mol. The van der Waals surface area contributed by atoms with Crippen LogP contribution >= 0.6 is 0 Å². The molecule has 0 spiro atoms. The molecule has 0 aliphatic heterocycles. The minimum atomic E-state index is -0.964. The van der Waals surface area contributed by atoms with E-state index >= 15 is 0 Å². The Balaban J connectivity index is 2.70. The molecule has 0 amide bonds. The molecule has 0 saturated heterocycles. The van der Waals surface area contributed by atoms with Crippen molar-refractivity contribution in [3.05, 3.63) is 30.1 Å². The summed E-state index contributed by atoms with van der Waals surface area (Å²) < 4.78 is 0.549. The summed E-state index contributed by atoms with van der Waals surface area (Å²) in [6.45, 7) is 0.397. The molecule has 0 bridgehead atoms. The van der Waals surface area contributed by atoms with Crippen molar-refractivity contribution >= 4 is 5.78 Å². The zero-order valence-electron chi connectivity index (χ0n) is 9.34. The lowest BCUT2D eigenvalue weighted by molar-refractivity contribution is -0.872.